The van der Waals surface area contributed by atoms with Gasteiger partial charge < -0.3 is 0 Å². The molecular formula is C22H17N3O4. The molecule has 3 rings (SSSR count). The Bertz CT molecular complexity index is 1050. The van der Waals surface area contributed by atoms with Crippen LogP contribution in [0.1, 0.15) is 32.7 Å². The fraction of sp³-hybridized carbons (Fsp3) is 0.0455. The molecule has 0 unspecified atom stereocenters. The maximum atomic E-state index is 12.6. The van der Waals surface area contributed by atoms with Gasteiger partial charge in [0.15, 0.2) is 5.78 Å². The maximum absolute atomic E-state index is 12.6. The van der Waals surface area contributed by atoms with Gasteiger partial charge in [0, 0.05) is 23.3 Å². The lowest BCUT2D eigenvalue weighted by Gasteiger charge is -2.08. The molecule has 0 bridgehead atoms. The largest absolute Gasteiger partial charge is 0.294 e. The van der Waals surface area contributed by atoms with Gasteiger partial charge in [0.25, 0.3) is 11.6 Å². The summed E-state index contributed by atoms with van der Waals surface area (Å²) in [6.45, 7) is 0. The Kier molecular flexibility index (Phi) is 6.22. The lowest BCUT2D eigenvalue weighted by atomic mass is 10.0. The number of benzene rings is 3. The third-order valence-electron chi connectivity index (χ3n) is 4.16. The first-order chi connectivity index (χ1) is 14.0. The van der Waals surface area contributed by atoms with Crippen LogP contribution in [-0.4, -0.2) is 22.3 Å². The molecule has 0 aromatic heterocycles. The van der Waals surface area contributed by atoms with Crippen molar-refractivity contribution >= 4 is 23.1 Å². The van der Waals surface area contributed by atoms with Crippen LogP contribution < -0.4 is 5.43 Å². The fourth-order valence-corrected chi connectivity index (χ4v) is 2.63. The third-order valence-corrected chi connectivity index (χ3v) is 4.16. The van der Waals surface area contributed by atoms with Crippen molar-refractivity contribution in [2.75, 3.05) is 0 Å². The summed E-state index contributed by atoms with van der Waals surface area (Å²) in [4.78, 5) is 35.1. The van der Waals surface area contributed by atoms with Crippen molar-refractivity contribution in [2.45, 2.75) is 6.42 Å². The zero-order valence-electron chi connectivity index (χ0n) is 15.3. The van der Waals surface area contributed by atoms with Crippen LogP contribution in [0.5, 0.6) is 0 Å². The summed E-state index contributed by atoms with van der Waals surface area (Å²) in [6.07, 6.45) is 0.00850. The van der Waals surface area contributed by atoms with E-state index in [0.29, 0.717) is 16.8 Å². The van der Waals surface area contributed by atoms with E-state index in [9.17, 15) is 19.7 Å². The van der Waals surface area contributed by atoms with Gasteiger partial charge in [-0.1, -0.05) is 60.7 Å². The van der Waals surface area contributed by atoms with Gasteiger partial charge in [0.2, 0.25) is 0 Å². The van der Waals surface area contributed by atoms with Crippen molar-refractivity contribution < 1.29 is 14.5 Å². The van der Waals surface area contributed by atoms with E-state index < -0.39 is 10.8 Å². The summed E-state index contributed by atoms with van der Waals surface area (Å²) in [7, 11) is 0. The number of hydrazone groups is 1. The van der Waals surface area contributed by atoms with Crippen molar-refractivity contribution in [3.63, 3.8) is 0 Å². The van der Waals surface area contributed by atoms with Crippen LogP contribution in [0.4, 0.5) is 5.69 Å². The second-order valence-corrected chi connectivity index (χ2v) is 6.14. The molecule has 0 saturated heterocycles. The lowest BCUT2D eigenvalue weighted by molar-refractivity contribution is -0.384. The van der Waals surface area contributed by atoms with E-state index in [-0.39, 0.29) is 23.5 Å². The Labute approximate surface area is 166 Å². The maximum Gasteiger partial charge on any atom is 0.271 e. The highest BCUT2D eigenvalue weighted by Crippen LogP contribution is 2.13. The van der Waals surface area contributed by atoms with Crippen LogP contribution in [0.15, 0.2) is 90.0 Å². The smallest absolute Gasteiger partial charge is 0.271 e. The predicted octanol–water partition coefficient (Wildman–Crippen LogP) is 4.00. The van der Waals surface area contributed by atoms with Gasteiger partial charge in [-0.3, -0.25) is 19.7 Å². The van der Waals surface area contributed by atoms with Gasteiger partial charge in [-0.15, -0.1) is 0 Å². The standard InChI is InChI=1S/C22H17N3O4/c26-21(17-9-5-2-6-10-17)15-20(16-7-3-1-4-8-16)23-24-22(27)18-11-13-19(14-12-18)25(28)29/h1-14H,15H2,(H,24,27)/b23-20-. The van der Waals surface area contributed by atoms with E-state index in [2.05, 4.69) is 10.5 Å². The molecule has 0 atom stereocenters. The molecule has 0 spiro atoms. The predicted molar refractivity (Wildman–Crippen MR) is 109 cm³/mol. The van der Waals surface area contributed by atoms with Gasteiger partial charge >= 0.3 is 0 Å². The minimum absolute atomic E-state index is 0.00850. The summed E-state index contributed by atoms with van der Waals surface area (Å²) in [6, 6.07) is 23.1. The van der Waals surface area contributed by atoms with Crippen molar-refractivity contribution in [3.8, 4) is 0 Å². The van der Waals surface area contributed by atoms with Crippen LogP contribution in [0.25, 0.3) is 0 Å². The number of Topliss-reactive ketones (excluding diaryl/α,β-unsaturated/α-hetero) is 1. The Morgan fingerprint density at radius 3 is 1.90 bits per heavy atom. The number of rotatable bonds is 7. The average Bonchev–Trinajstić information content (AvgIpc) is 2.77. The summed E-state index contributed by atoms with van der Waals surface area (Å²) >= 11 is 0. The molecule has 0 aliphatic carbocycles. The first-order valence-electron chi connectivity index (χ1n) is 8.79. The van der Waals surface area contributed by atoms with Crippen molar-refractivity contribution in [2.24, 2.45) is 5.10 Å². The first-order valence-corrected chi connectivity index (χ1v) is 8.79. The second kappa shape index (κ2) is 9.18. The van der Waals surface area contributed by atoms with Gasteiger partial charge in [-0.05, 0) is 17.7 Å². The van der Waals surface area contributed by atoms with Crippen molar-refractivity contribution in [1.82, 2.24) is 5.43 Å². The Hall–Kier alpha value is -4.13. The highest BCUT2D eigenvalue weighted by atomic mass is 16.6. The van der Waals surface area contributed by atoms with Crippen molar-refractivity contribution in [3.05, 3.63) is 112 Å². The number of non-ortho nitro benzene ring substituents is 1. The minimum atomic E-state index is -0.539. The quantitative estimate of drug-likeness (QED) is 0.286. The number of nitro groups is 1. The number of carbonyl (C=O) groups is 2. The van der Waals surface area contributed by atoms with Gasteiger partial charge in [0.05, 0.1) is 17.1 Å². The SMILES string of the molecule is O=C(C/C(=N/NC(=O)c1ccc([N+](=O)[O-])cc1)c1ccccc1)c1ccccc1. The zero-order chi connectivity index (χ0) is 20.6. The van der Waals surface area contributed by atoms with Crippen LogP contribution >= 0.6 is 0 Å². The number of nitro benzene ring substituents is 1. The molecule has 0 radical (unpaired) electrons. The van der Waals surface area contributed by atoms with E-state index in [4.69, 9.17) is 0 Å². The van der Waals surface area contributed by atoms with E-state index >= 15 is 0 Å². The highest BCUT2D eigenvalue weighted by Gasteiger charge is 2.14. The molecule has 0 heterocycles. The first kappa shape index (κ1) is 19.6. The highest BCUT2D eigenvalue weighted by molar-refractivity contribution is 6.16. The molecule has 0 aliphatic heterocycles. The third kappa shape index (κ3) is 5.20. The van der Waals surface area contributed by atoms with Crippen LogP contribution in [0.2, 0.25) is 0 Å². The number of nitrogens with zero attached hydrogens (tertiary/aromatic N) is 2. The number of hydrogen-bond donors (Lipinski definition) is 1. The summed E-state index contributed by atoms with van der Waals surface area (Å²) in [5.74, 6) is -0.654. The normalized spacial score (nSPS) is 11.0. The van der Waals surface area contributed by atoms with Gasteiger partial charge in [-0.25, -0.2) is 5.43 Å². The second-order valence-electron chi connectivity index (χ2n) is 6.14. The number of amides is 1. The number of carbonyl (C=O) groups excluding carboxylic acids is 2. The van der Waals surface area contributed by atoms with Gasteiger partial charge in [0.1, 0.15) is 0 Å². The molecule has 0 fully saturated rings. The monoisotopic (exact) mass is 387 g/mol. The molecule has 144 valence electrons. The molecule has 7 nitrogen and oxygen atoms in total. The molecule has 29 heavy (non-hydrogen) atoms. The number of ketones is 1. The fourth-order valence-electron chi connectivity index (χ4n) is 2.63. The number of nitrogens with one attached hydrogen (secondary N) is 1. The summed E-state index contributed by atoms with van der Waals surface area (Å²) in [5.41, 5.74) is 4.22. The Morgan fingerprint density at radius 2 is 1.34 bits per heavy atom. The van der Waals surface area contributed by atoms with Crippen LogP contribution in [0, 0.1) is 10.1 Å². The summed E-state index contributed by atoms with van der Waals surface area (Å²) < 4.78 is 0. The van der Waals surface area contributed by atoms with E-state index in [1.54, 1.807) is 36.4 Å². The topological polar surface area (TPSA) is 102 Å². The Balaban J connectivity index is 1.80. The Morgan fingerprint density at radius 1 is 0.793 bits per heavy atom. The molecule has 0 aliphatic rings. The van der Waals surface area contributed by atoms with Crippen LogP contribution in [0.3, 0.4) is 0 Å². The number of hydrogen-bond acceptors (Lipinski definition) is 5. The average molecular weight is 387 g/mol. The van der Waals surface area contributed by atoms with E-state index in [1.807, 2.05) is 24.3 Å². The molecule has 1 N–H and O–H groups in total. The van der Waals surface area contributed by atoms with Gasteiger partial charge in [-0.2, -0.15) is 5.10 Å². The minimum Gasteiger partial charge on any atom is -0.294 e. The molecule has 3 aromatic rings. The van der Waals surface area contributed by atoms with E-state index in [1.165, 1.54) is 24.3 Å². The lowest BCUT2D eigenvalue weighted by Crippen LogP contribution is -2.21. The van der Waals surface area contributed by atoms with Crippen molar-refractivity contribution in [1.29, 1.82) is 0 Å². The molecule has 1 amide bonds. The molecule has 0 saturated carbocycles. The van der Waals surface area contributed by atoms with Crippen LogP contribution in [-0.2, 0) is 0 Å². The molecule has 7 heteroatoms. The molecular weight excluding hydrogens is 370 g/mol. The zero-order valence-corrected chi connectivity index (χ0v) is 15.3. The van der Waals surface area contributed by atoms with E-state index in [0.717, 1.165) is 0 Å². The summed E-state index contributed by atoms with van der Waals surface area (Å²) in [5, 5.41) is 14.9. The molecule has 3 aromatic carbocycles.